The van der Waals surface area contributed by atoms with Crippen molar-refractivity contribution in [3.05, 3.63) is 11.6 Å². The summed E-state index contributed by atoms with van der Waals surface area (Å²) >= 11 is 0. The predicted molar refractivity (Wildman–Crippen MR) is 89.7 cm³/mol. The first-order chi connectivity index (χ1) is 9.76. The van der Waals surface area contributed by atoms with Gasteiger partial charge in [0.25, 0.3) is 0 Å². The second kappa shape index (κ2) is 8.70. The molecule has 1 fully saturated rings. The van der Waals surface area contributed by atoms with Crippen molar-refractivity contribution in [3.63, 3.8) is 0 Å². The molecule has 1 aromatic heterocycles. The van der Waals surface area contributed by atoms with E-state index in [0.717, 1.165) is 50.4 Å². The van der Waals surface area contributed by atoms with Crippen molar-refractivity contribution in [2.45, 2.75) is 64.1 Å². The highest BCUT2D eigenvalue weighted by atomic mass is 35.5. The fourth-order valence-corrected chi connectivity index (χ4v) is 3.09. The number of hydrogen-bond acceptors (Lipinski definition) is 4. The van der Waals surface area contributed by atoms with Gasteiger partial charge in [0.1, 0.15) is 5.82 Å². The number of nitrogens with zero attached hydrogens (tertiary/aromatic N) is 3. The van der Waals surface area contributed by atoms with Gasteiger partial charge in [-0.25, -0.2) is 9.67 Å². The number of aryl methyl sites for hydroxylation is 2. The van der Waals surface area contributed by atoms with Gasteiger partial charge in [-0.1, -0.05) is 6.92 Å². The Morgan fingerprint density at radius 2 is 2.18 bits per heavy atom. The van der Waals surface area contributed by atoms with E-state index < -0.39 is 0 Å². The van der Waals surface area contributed by atoms with Crippen LogP contribution in [0.5, 0.6) is 0 Å². The van der Waals surface area contributed by atoms with Crippen LogP contribution < -0.4 is 10.6 Å². The smallest absolute Gasteiger partial charge is 0.222 e. The van der Waals surface area contributed by atoms with Crippen LogP contribution in [0.1, 0.15) is 56.7 Å². The van der Waals surface area contributed by atoms with E-state index in [4.69, 9.17) is 0 Å². The summed E-state index contributed by atoms with van der Waals surface area (Å²) in [7, 11) is 0. The summed E-state index contributed by atoms with van der Waals surface area (Å²) in [6.07, 6.45) is 5.71. The van der Waals surface area contributed by atoms with Crippen LogP contribution in [0.25, 0.3) is 0 Å². The molecule has 0 bridgehead atoms. The number of carbonyl (C=O) groups is 1. The Labute approximate surface area is 143 Å². The Morgan fingerprint density at radius 1 is 1.36 bits per heavy atom. The van der Waals surface area contributed by atoms with E-state index in [1.54, 1.807) is 0 Å². The van der Waals surface area contributed by atoms with Gasteiger partial charge in [-0.15, -0.1) is 24.8 Å². The lowest BCUT2D eigenvalue weighted by Gasteiger charge is -2.23. The number of halogens is 2. The highest BCUT2D eigenvalue weighted by Gasteiger charge is 2.26. The second-order valence-corrected chi connectivity index (χ2v) is 5.72. The van der Waals surface area contributed by atoms with Crippen molar-refractivity contribution in [2.75, 3.05) is 6.54 Å². The van der Waals surface area contributed by atoms with Crippen LogP contribution in [-0.4, -0.2) is 33.3 Å². The summed E-state index contributed by atoms with van der Waals surface area (Å²) in [5.41, 5.74) is 0. The molecule has 22 heavy (non-hydrogen) atoms. The van der Waals surface area contributed by atoms with E-state index >= 15 is 0 Å². The summed E-state index contributed by atoms with van der Waals surface area (Å²) < 4.78 is 1.96. The molecule has 3 heterocycles. The van der Waals surface area contributed by atoms with Gasteiger partial charge in [-0.3, -0.25) is 4.79 Å². The molecule has 0 saturated carbocycles. The summed E-state index contributed by atoms with van der Waals surface area (Å²) in [5.74, 6) is 1.93. The lowest BCUT2D eigenvalue weighted by Crippen LogP contribution is -2.36. The highest BCUT2D eigenvalue weighted by molar-refractivity contribution is 5.85. The Balaban J connectivity index is 0.00000121. The summed E-state index contributed by atoms with van der Waals surface area (Å²) in [4.78, 5) is 16.7. The van der Waals surface area contributed by atoms with Crippen molar-refractivity contribution in [2.24, 2.45) is 0 Å². The van der Waals surface area contributed by atoms with Gasteiger partial charge in [0, 0.05) is 25.4 Å². The monoisotopic (exact) mass is 349 g/mol. The van der Waals surface area contributed by atoms with Crippen LogP contribution in [0.15, 0.2) is 0 Å². The maximum atomic E-state index is 12.1. The third-order valence-corrected chi connectivity index (χ3v) is 4.16. The summed E-state index contributed by atoms with van der Waals surface area (Å²) in [6, 6.07) is 0.383. The maximum absolute atomic E-state index is 12.1. The van der Waals surface area contributed by atoms with E-state index in [1.165, 1.54) is 6.42 Å². The molecule has 2 aliphatic heterocycles. The number of nitrogens with one attached hydrogen (secondary N) is 2. The molecule has 2 unspecified atom stereocenters. The zero-order valence-electron chi connectivity index (χ0n) is 12.9. The molecule has 126 valence electrons. The van der Waals surface area contributed by atoms with Crippen LogP contribution in [0, 0.1) is 0 Å². The van der Waals surface area contributed by atoms with Crippen LogP contribution in [0.2, 0.25) is 0 Å². The number of amides is 1. The van der Waals surface area contributed by atoms with E-state index in [-0.39, 0.29) is 36.8 Å². The first kappa shape index (κ1) is 19.2. The lowest BCUT2D eigenvalue weighted by atomic mass is 10.1. The van der Waals surface area contributed by atoms with Crippen molar-refractivity contribution in [3.8, 4) is 0 Å². The minimum atomic E-state index is 0. The number of carbonyl (C=O) groups excluding carboxylic acids is 1. The van der Waals surface area contributed by atoms with Gasteiger partial charge in [0.2, 0.25) is 5.91 Å². The Hall–Kier alpha value is -0.850. The van der Waals surface area contributed by atoms with Crippen LogP contribution in [0.4, 0.5) is 0 Å². The molecule has 1 saturated heterocycles. The minimum Gasteiger partial charge on any atom is -0.346 e. The fraction of sp³-hybridized carbons (Fsp3) is 0.786. The SMILES string of the molecule is CCc1nc2n(n1)CCCC2NC(=O)CC1CCCN1.Cl.Cl. The van der Waals surface area contributed by atoms with Gasteiger partial charge in [-0.05, 0) is 32.2 Å². The molecular weight excluding hydrogens is 325 g/mol. The normalized spacial score (nSPS) is 23.1. The van der Waals surface area contributed by atoms with Gasteiger partial charge in [0.05, 0.1) is 6.04 Å². The van der Waals surface area contributed by atoms with Crippen molar-refractivity contribution in [1.29, 1.82) is 0 Å². The Kier molecular flexibility index (Phi) is 7.59. The third kappa shape index (κ3) is 4.33. The lowest BCUT2D eigenvalue weighted by molar-refractivity contribution is -0.122. The van der Waals surface area contributed by atoms with Gasteiger partial charge < -0.3 is 10.6 Å². The molecular formula is C14H25Cl2N5O. The molecule has 0 spiro atoms. The van der Waals surface area contributed by atoms with E-state index in [9.17, 15) is 4.79 Å². The first-order valence-electron chi connectivity index (χ1n) is 7.72. The summed E-state index contributed by atoms with van der Waals surface area (Å²) in [6.45, 7) is 4.01. The van der Waals surface area contributed by atoms with Gasteiger partial charge >= 0.3 is 0 Å². The highest BCUT2D eigenvalue weighted by Crippen LogP contribution is 2.23. The largest absolute Gasteiger partial charge is 0.346 e. The van der Waals surface area contributed by atoms with Crippen molar-refractivity contribution < 1.29 is 4.79 Å². The quantitative estimate of drug-likeness (QED) is 0.868. The number of hydrogen-bond donors (Lipinski definition) is 2. The molecule has 0 aliphatic carbocycles. The molecule has 0 radical (unpaired) electrons. The topological polar surface area (TPSA) is 71.8 Å². The predicted octanol–water partition coefficient (Wildman–Crippen LogP) is 1.78. The zero-order valence-corrected chi connectivity index (χ0v) is 14.5. The zero-order chi connectivity index (χ0) is 13.9. The average molecular weight is 350 g/mol. The fourth-order valence-electron chi connectivity index (χ4n) is 3.09. The number of aromatic nitrogens is 3. The van der Waals surface area contributed by atoms with E-state index in [2.05, 4.69) is 27.6 Å². The molecule has 2 atom stereocenters. The van der Waals surface area contributed by atoms with Crippen molar-refractivity contribution in [1.82, 2.24) is 25.4 Å². The van der Waals surface area contributed by atoms with Crippen LogP contribution >= 0.6 is 24.8 Å². The Morgan fingerprint density at radius 3 is 2.86 bits per heavy atom. The maximum Gasteiger partial charge on any atom is 0.222 e. The molecule has 0 aromatic carbocycles. The van der Waals surface area contributed by atoms with E-state index in [0.29, 0.717) is 12.5 Å². The Bertz CT molecular complexity index is 488. The average Bonchev–Trinajstić information content (AvgIpc) is 3.07. The molecule has 6 nitrogen and oxygen atoms in total. The van der Waals surface area contributed by atoms with Crippen molar-refractivity contribution >= 4 is 30.7 Å². The molecule has 3 rings (SSSR count). The minimum absolute atomic E-state index is 0. The standard InChI is InChI=1S/C14H23N5O.2ClH/c1-2-12-17-14-11(6-4-8-19(14)18-12)16-13(20)9-10-5-3-7-15-10;;/h10-11,15H,2-9H2,1H3,(H,16,20);2*1H. The van der Waals surface area contributed by atoms with Gasteiger partial charge in [-0.2, -0.15) is 5.10 Å². The van der Waals surface area contributed by atoms with Gasteiger partial charge in [0.15, 0.2) is 5.82 Å². The molecule has 1 aromatic rings. The number of rotatable bonds is 4. The molecule has 8 heteroatoms. The van der Waals surface area contributed by atoms with Crippen LogP contribution in [-0.2, 0) is 17.8 Å². The second-order valence-electron chi connectivity index (χ2n) is 5.72. The first-order valence-corrected chi connectivity index (χ1v) is 7.72. The molecule has 1 amide bonds. The van der Waals surface area contributed by atoms with Crippen LogP contribution in [0.3, 0.4) is 0 Å². The third-order valence-electron chi connectivity index (χ3n) is 4.16. The molecule has 2 N–H and O–H groups in total. The summed E-state index contributed by atoms with van der Waals surface area (Å²) in [5, 5.41) is 11.0. The number of fused-ring (bicyclic) bond motifs is 1. The molecule has 2 aliphatic rings. The van der Waals surface area contributed by atoms with E-state index in [1.807, 2.05) is 4.68 Å².